The Morgan fingerprint density at radius 1 is 1.47 bits per heavy atom. The first kappa shape index (κ1) is 11.1. The summed E-state index contributed by atoms with van der Waals surface area (Å²) < 4.78 is 0. The van der Waals surface area contributed by atoms with Crippen molar-refractivity contribution in [3.05, 3.63) is 45.5 Å². The third-order valence-corrected chi connectivity index (χ3v) is 1.82. The number of hydrogen-bond acceptors (Lipinski definition) is 4. The van der Waals surface area contributed by atoms with Gasteiger partial charge in [0.1, 0.15) is 6.29 Å². The molecule has 0 spiro atoms. The van der Waals surface area contributed by atoms with Crippen molar-refractivity contribution in [2.75, 3.05) is 6.54 Å². The van der Waals surface area contributed by atoms with Gasteiger partial charge in [0, 0.05) is 18.2 Å². The van der Waals surface area contributed by atoms with Crippen molar-refractivity contribution in [3.63, 3.8) is 0 Å². The second-order valence-corrected chi connectivity index (χ2v) is 2.83. The summed E-state index contributed by atoms with van der Waals surface area (Å²) >= 11 is 0. The molecule has 1 rings (SSSR count). The van der Waals surface area contributed by atoms with Crippen LogP contribution < -0.4 is 5.73 Å². The molecule has 15 heavy (non-hydrogen) atoms. The zero-order valence-electron chi connectivity index (χ0n) is 7.92. The molecule has 0 amide bonds. The standard InChI is InChI=1S/C10H10N2O3/c11-5-1-2-9-4-3-8(7-13)6-10(9)12(14)15/h1-4,6-7H,5,11H2. The molecule has 1 aromatic carbocycles. The van der Waals surface area contributed by atoms with Gasteiger partial charge in [-0.1, -0.05) is 18.2 Å². The van der Waals surface area contributed by atoms with Gasteiger partial charge in [0.05, 0.1) is 10.5 Å². The van der Waals surface area contributed by atoms with Crippen LogP contribution in [-0.4, -0.2) is 17.8 Å². The predicted molar refractivity (Wildman–Crippen MR) is 56.6 cm³/mol. The Morgan fingerprint density at radius 3 is 2.73 bits per heavy atom. The van der Waals surface area contributed by atoms with Gasteiger partial charge in [0.25, 0.3) is 5.69 Å². The summed E-state index contributed by atoms with van der Waals surface area (Å²) in [6.07, 6.45) is 3.75. The summed E-state index contributed by atoms with van der Waals surface area (Å²) in [6, 6.07) is 4.29. The van der Waals surface area contributed by atoms with Gasteiger partial charge in [-0.2, -0.15) is 0 Å². The zero-order chi connectivity index (χ0) is 11.3. The van der Waals surface area contributed by atoms with Crippen LogP contribution in [0.5, 0.6) is 0 Å². The summed E-state index contributed by atoms with van der Waals surface area (Å²) in [5.41, 5.74) is 5.88. The normalized spacial score (nSPS) is 10.5. The summed E-state index contributed by atoms with van der Waals surface area (Å²) in [6.45, 7) is 0.312. The molecule has 0 radical (unpaired) electrons. The molecule has 2 N–H and O–H groups in total. The number of benzene rings is 1. The van der Waals surface area contributed by atoms with Gasteiger partial charge >= 0.3 is 0 Å². The molecule has 0 atom stereocenters. The first-order valence-electron chi connectivity index (χ1n) is 4.29. The molecule has 0 aromatic heterocycles. The van der Waals surface area contributed by atoms with E-state index in [-0.39, 0.29) is 11.3 Å². The molecule has 0 aliphatic heterocycles. The maximum Gasteiger partial charge on any atom is 0.277 e. The van der Waals surface area contributed by atoms with Crippen LogP contribution in [0.25, 0.3) is 6.08 Å². The number of hydrogen-bond donors (Lipinski definition) is 1. The van der Waals surface area contributed by atoms with Gasteiger partial charge in [0.2, 0.25) is 0 Å². The average molecular weight is 206 g/mol. The maximum absolute atomic E-state index is 10.7. The quantitative estimate of drug-likeness (QED) is 0.458. The fourth-order valence-electron chi connectivity index (χ4n) is 1.13. The largest absolute Gasteiger partial charge is 0.327 e. The molecule has 5 heteroatoms. The van der Waals surface area contributed by atoms with E-state index in [1.807, 2.05) is 0 Å². The molecule has 0 bridgehead atoms. The van der Waals surface area contributed by atoms with Crippen molar-refractivity contribution in [2.24, 2.45) is 5.73 Å². The number of rotatable bonds is 4. The van der Waals surface area contributed by atoms with Crippen LogP contribution in [0.15, 0.2) is 24.3 Å². The van der Waals surface area contributed by atoms with E-state index in [4.69, 9.17) is 5.73 Å². The van der Waals surface area contributed by atoms with Crippen molar-refractivity contribution in [2.45, 2.75) is 0 Å². The van der Waals surface area contributed by atoms with E-state index in [9.17, 15) is 14.9 Å². The van der Waals surface area contributed by atoms with Gasteiger partial charge in [0.15, 0.2) is 0 Å². The monoisotopic (exact) mass is 206 g/mol. The van der Waals surface area contributed by atoms with Crippen LogP contribution in [0.4, 0.5) is 5.69 Å². The number of nitro groups is 1. The lowest BCUT2D eigenvalue weighted by Crippen LogP contribution is -1.95. The molecule has 0 aliphatic carbocycles. The van der Waals surface area contributed by atoms with Crippen molar-refractivity contribution < 1.29 is 9.72 Å². The van der Waals surface area contributed by atoms with Gasteiger partial charge in [-0.15, -0.1) is 0 Å². The smallest absolute Gasteiger partial charge is 0.277 e. The van der Waals surface area contributed by atoms with E-state index in [2.05, 4.69) is 0 Å². The molecule has 1 aromatic rings. The third kappa shape index (κ3) is 2.72. The Bertz CT molecular complexity index is 413. The molecule has 5 nitrogen and oxygen atoms in total. The van der Waals surface area contributed by atoms with Gasteiger partial charge in [-0.25, -0.2) is 0 Å². The Balaban J connectivity index is 3.20. The van der Waals surface area contributed by atoms with Crippen LogP contribution in [0.3, 0.4) is 0 Å². The minimum Gasteiger partial charge on any atom is -0.327 e. The number of carbonyl (C=O) groups is 1. The Labute approximate surface area is 86.4 Å². The Kier molecular flexibility index (Phi) is 3.70. The van der Waals surface area contributed by atoms with E-state index in [0.717, 1.165) is 0 Å². The first-order valence-corrected chi connectivity index (χ1v) is 4.29. The summed E-state index contributed by atoms with van der Waals surface area (Å²) in [5, 5.41) is 10.7. The second kappa shape index (κ2) is 5.02. The zero-order valence-corrected chi connectivity index (χ0v) is 7.92. The predicted octanol–water partition coefficient (Wildman–Crippen LogP) is 1.38. The molecule has 0 unspecified atom stereocenters. The molecule has 0 aliphatic rings. The highest BCUT2D eigenvalue weighted by molar-refractivity contribution is 5.78. The second-order valence-electron chi connectivity index (χ2n) is 2.83. The highest BCUT2D eigenvalue weighted by atomic mass is 16.6. The van der Waals surface area contributed by atoms with Crippen molar-refractivity contribution in [1.29, 1.82) is 0 Å². The lowest BCUT2D eigenvalue weighted by Gasteiger charge is -1.98. The van der Waals surface area contributed by atoms with E-state index >= 15 is 0 Å². The molecule has 0 heterocycles. The number of carbonyl (C=O) groups excluding carboxylic acids is 1. The lowest BCUT2D eigenvalue weighted by molar-refractivity contribution is -0.385. The highest BCUT2D eigenvalue weighted by Gasteiger charge is 2.11. The Hall–Kier alpha value is -2.01. The summed E-state index contributed by atoms with van der Waals surface area (Å²) in [4.78, 5) is 20.6. The molecule has 78 valence electrons. The molecular weight excluding hydrogens is 196 g/mol. The van der Waals surface area contributed by atoms with Gasteiger partial charge < -0.3 is 5.73 Å². The average Bonchev–Trinajstić information content (AvgIpc) is 2.26. The minimum atomic E-state index is -0.525. The topological polar surface area (TPSA) is 86.2 Å². The van der Waals surface area contributed by atoms with Gasteiger partial charge in [-0.05, 0) is 6.07 Å². The number of nitro benzene ring substituents is 1. The molecular formula is C10H10N2O3. The SMILES string of the molecule is NCC=Cc1ccc(C=O)cc1[N+](=O)[O-]. The molecule has 0 fully saturated rings. The number of nitrogens with two attached hydrogens (primary N) is 1. The van der Waals surface area contributed by atoms with E-state index in [0.29, 0.717) is 18.4 Å². The van der Waals surface area contributed by atoms with Crippen molar-refractivity contribution >= 4 is 18.0 Å². The van der Waals surface area contributed by atoms with Crippen molar-refractivity contribution in [1.82, 2.24) is 0 Å². The van der Waals surface area contributed by atoms with Crippen LogP contribution in [-0.2, 0) is 0 Å². The van der Waals surface area contributed by atoms with E-state index in [1.165, 1.54) is 18.2 Å². The fraction of sp³-hybridized carbons (Fsp3) is 0.100. The van der Waals surface area contributed by atoms with Crippen LogP contribution in [0.2, 0.25) is 0 Å². The minimum absolute atomic E-state index is 0.0932. The van der Waals surface area contributed by atoms with Crippen LogP contribution in [0, 0.1) is 10.1 Å². The maximum atomic E-state index is 10.7. The van der Waals surface area contributed by atoms with Crippen molar-refractivity contribution in [3.8, 4) is 0 Å². The molecule has 0 saturated heterocycles. The summed E-state index contributed by atoms with van der Waals surface area (Å²) in [7, 11) is 0. The molecule has 0 saturated carbocycles. The van der Waals surface area contributed by atoms with Gasteiger partial charge in [-0.3, -0.25) is 14.9 Å². The Morgan fingerprint density at radius 2 is 2.20 bits per heavy atom. The highest BCUT2D eigenvalue weighted by Crippen LogP contribution is 2.20. The van der Waals surface area contributed by atoms with Crippen LogP contribution >= 0.6 is 0 Å². The number of nitrogens with zero attached hydrogens (tertiary/aromatic N) is 1. The third-order valence-electron chi connectivity index (χ3n) is 1.82. The van der Waals surface area contributed by atoms with E-state index < -0.39 is 4.92 Å². The lowest BCUT2D eigenvalue weighted by atomic mass is 10.1. The fourth-order valence-corrected chi connectivity index (χ4v) is 1.13. The first-order chi connectivity index (χ1) is 7.19. The van der Waals surface area contributed by atoms with Crippen LogP contribution in [0.1, 0.15) is 15.9 Å². The summed E-state index contributed by atoms with van der Waals surface area (Å²) in [5.74, 6) is 0. The van der Waals surface area contributed by atoms with E-state index in [1.54, 1.807) is 12.2 Å². The number of aldehydes is 1.